The molecule has 7 heteroatoms. The van der Waals surface area contributed by atoms with E-state index in [0.717, 1.165) is 5.69 Å². The van der Waals surface area contributed by atoms with E-state index in [-0.39, 0.29) is 0 Å². The Hall–Kier alpha value is -3.32. The number of para-hydroxylation sites is 1. The Morgan fingerprint density at radius 3 is 2.16 bits per heavy atom. The molecule has 0 saturated carbocycles. The van der Waals surface area contributed by atoms with Gasteiger partial charge in [0.1, 0.15) is 12.0 Å². The maximum atomic E-state index is 8.87. The Morgan fingerprint density at radius 2 is 1.60 bits per heavy atom. The minimum atomic E-state index is 0.334. The first-order valence-corrected chi connectivity index (χ1v) is 8.14. The van der Waals surface area contributed by atoms with Crippen molar-refractivity contribution in [3.8, 4) is 12.1 Å². The standard InChI is InChI=1S/C18H21N7/c1-2-25(15-8-4-3-5-9-15)18-16(21)17(22-14-23-18)24(12-6-10-19)13-7-11-20/h3-5,8-9,14H,2,6-7,12-13,21H2,1H3. The van der Waals surface area contributed by atoms with Crippen molar-refractivity contribution < 1.29 is 0 Å². The SMILES string of the molecule is CCN(c1ccccc1)c1ncnc(N(CCC#N)CCC#N)c1N. The third kappa shape index (κ3) is 4.36. The summed E-state index contributed by atoms with van der Waals surface area (Å²) < 4.78 is 0. The number of rotatable bonds is 8. The van der Waals surface area contributed by atoms with Gasteiger partial charge >= 0.3 is 0 Å². The van der Waals surface area contributed by atoms with Crippen molar-refractivity contribution in [1.82, 2.24) is 9.97 Å². The van der Waals surface area contributed by atoms with Gasteiger partial charge in [0.05, 0.1) is 25.0 Å². The van der Waals surface area contributed by atoms with E-state index in [4.69, 9.17) is 16.3 Å². The zero-order valence-electron chi connectivity index (χ0n) is 14.3. The summed E-state index contributed by atoms with van der Waals surface area (Å²) in [5, 5.41) is 17.7. The topological polar surface area (TPSA) is 106 Å². The van der Waals surface area contributed by atoms with Crippen LogP contribution in [0.5, 0.6) is 0 Å². The van der Waals surface area contributed by atoms with Gasteiger partial charge in [-0.3, -0.25) is 0 Å². The van der Waals surface area contributed by atoms with Gasteiger partial charge in [0.15, 0.2) is 11.6 Å². The Morgan fingerprint density at radius 1 is 1.00 bits per heavy atom. The Bertz CT molecular complexity index is 743. The van der Waals surface area contributed by atoms with Gasteiger partial charge in [-0.05, 0) is 19.1 Å². The molecule has 2 aromatic rings. The Labute approximate surface area is 147 Å². The molecule has 0 radical (unpaired) electrons. The second kappa shape index (κ2) is 9.09. The zero-order valence-corrected chi connectivity index (χ0v) is 14.3. The molecule has 0 spiro atoms. The van der Waals surface area contributed by atoms with Crippen molar-refractivity contribution in [2.75, 3.05) is 35.2 Å². The smallest absolute Gasteiger partial charge is 0.161 e. The maximum Gasteiger partial charge on any atom is 0.161 e. The zero-order chi connectivity index (χ0) is 18.1. The van der Waals surface area contributed by atoms with E-state index < -0.39 is 0 Å². The van der Waals surface area contributed by atoms with E-state index in [1.165, 1.54) is 6.33 Å². The van der Waals surface area contributed by atoms with Crippen molar-refractivity contribution in [3.05, 3.63) is 36.7 Å². The normalized spacial score (nSPS) is 9.88. The van der Waals surface area contributed by atoms with Crippen molar-refractivity contribution in [3.63, 3.8) is 0 Å². The molecule has 0 aliphatic carbocycles. The molecular formula is C18H21N7. The van der Waals surface area contributed by atoms with E-state index in [0.29, 0.717) is 49.8 Å². The number of hydrogen-bond acceptors (Lipinski definition) is 7. The first-order valence-electron chi connectivity index (χ1n) is 8.14. The maximum absolute atomic E-state index is 8.87. The van der Waals surface area contributed by atoms with Crippen LogP contribution in [0.4, 0.5) is 23.0 Å². The summed E-state index contributed by atoms with van der Waals surface area (Å²) in [4.78, 5) is 12.5. The quantitative estimate of drug-likeness (QED) is 0.790. The van der Waals surface area contributed by atoms with Gasteiger partial charge in [0, 0.05) is 25.3 Å². The summed E-state index contributed by atoms with van der Waals surface area (Å²) in [6, 6.07) is 14.1. The van der Waals surface area contributed by atoms with Crippen molar-refractivity contribution in [2.24, 2.45) is 0 Å². The summed E-state index contributed by atoms with van der Waals surface area (Å²) in [7, 11) is 0. The first kappa shape index (κ1) is 18.0. The number of nitriles is 2. The lowest BCUT2D eigenvalue weighted by molar-refractivity contribution is 0.780. The molecule has 0 unspecified atom stereocenters. The largest absolute Gasteiger partial charge is 0.393 e. The minimum absolute atomic E-state index is 0.334. The monoisotopic (exact) mass is 335 g/mol. The summed E-state index contributed by atoms with van der Waals surface area (Å²) in [5.41, 5.74) is 7.80. The average Bonchev–Trinajstić information content (AvgIpc) is 2.65. The van der Waals surface area contributed by atoms with Gasteiger partial charge in [0.25, 0.3) is 0 Å². The van der Waals surface area contributed by atoms with Crippen LogP contribution in [0, 0.1) is 22.7 Å². The first-order chi connectivity index (χ1) is 12.2. The summed E-state index contributed by atoms with van der Waals surface area (Å²) in [6.07, 6.45) is 2.14. The van der Waals surface area contributed by atoms with Crippen molar-refractivity contribution in [1.29, 1.82) is 10.5 Å². The molecule has 1 aromatic carbocycles. The van der Waals surface area contributed by atoms with Crippen LogP contribution in [0.2, 0.25) is 0 Å². The molecule has 0 aliphatic rings. The number of nitrogens with zero attached hydrogens (tertiary/aromatic N) is 6. The minimum Gasteiger partial charge on any atom is -0.393 e. The molecule has 2 rings (SSSR count). The van der Waals surface area contributed by atoms with Gasteiger partial charge in [-0.25, -0.2) is 9.97 Å². The van der Waals surface area contributed by atoms with Gasteiger partial charge in [-0.1, -0.05) is 18.2 Å². The van der Waals surface area contributed by atoms with Crippen LogP contribution in [0.25, 0.3) is 0 Å². The van der Waals surface area contributed by atoms with Gasteiger partial charge in [0.2, 0.25) is 0 Å². The molecule has 0 aliphatic heterocycles. The fraction of sp³-hybridized carbons (Fsp3) is 0.333. The third-order valence-electron chi connectivity index (χ3n) is 3.77. The highest BCUT2D eigenvalue weighted by Gasteiger charge is 2.19. The molecule has 0 saturated heterocycles. The lowest BCUT2D eigenvalue weighted by Gasteiger charge is -2.27. The van der Waals surface area contributed by atoms with Gasteiger partial charge < -0.3 is 15.5 Å². The van der Waals surface area contributed by atoms with Crippen LogP contribution in [0.1, 0.15) is 19.8 Å². The molecular weight excluding hydrogens is 314 g/mol. The lowest BCUT2D eigenvalue weighted by Crippen LogP contribution is -2.28. The molecule has 25 heavy (non-hydrogen) atoms. The van der Waals surface area contributed by atoms with Gasteiger partial charge in [-0.15, -0.1) is 0 Å². The lowest BCUT2D eigenvalue weighted by atomic mass is 10.2. The van der Waals surface area contributed by atoms with Gasteiger partial charge in [-0.2, -0.15) is 10.5 Å². The second-order valence-corrected chi connectivity index (χ2v) is 5.32. The van der Waals surface area contributed by atoms with Crippen LogP contribution in [-0.4, -0.2) is 29.6 Å². The molecule has 0 bridgehead atoms. The molecule has 7 nitrogen and oxygen atoms in total. The van der Waals surface area contributed by atoms with Crippen molar-refractivity contribution in [2.45, 2.75) is 19.8 Å². The molecule has 0 fully saturated rings. The average molecular weight is 335 g/mol. The highest BCUT2D eigenvalue weighted by atomic mass is 15.3. The Balaban J connectivity index is 2.40. The summed E-state index contributed by atoms with van der Waals surface area (Å²) in [5.74, 6) is 1.18. The fourth-order valence-electron chi connectivity index (χ4n) is 2.60. The number of anilines is 4. The molecule has 2 N–H and O–H groups in total. The van der Waals surface area contributed by atoms with Crippen molar-refractivity contribution >= 4 is 23.0 Å². The van der Waals surface area contributed by atoms with Crippen LogP contribution in [0.15, 0.2) is 36.7 Å². The molecule has 0 amide bonds. The van der Waals surface area contributed by atoms with E-state index in [9.17, 15) is 0 Å². The highest BCUT2D eigenvalue weighted by Crippen LogP contribution is 2.33. The molecule has 128 valence electrons. The Kier molecular flexibility index (Phi) is 6.56. The number of nitrogen functional groups attached to an aromatic ring is 1. The molecule has 1 aromatic heterocycles. The second-order valence-electron chi connectivity index (χ2n) is 5.32. The van der Waals surface area contributed by atoms with Crippen LogP contribution >= 0.6 is 0 Å². The molecule has 0 atom stereocenters. The summed E-state index contributed by atoms with van der Waals surface area (Å²) in [6.45, 7) is 3.66. The van der Waals surface area contributed by atoms with Crippen LogP contribution in [0.3, 0.4) is 0 Å². The van der Waals surface area contributed by atoms with E-state index >= 15 is 0 Å². The summed E-state index contributed by atoms with van der Waals surface area (Å²) >= 11 is 0. The number of nitrogens with two attached hydrogens (primary N) is 1. The third-order valence-corrected chi connectivity index (χ3v) is 3.77. The predicted molar refractivity (Wildman–Crippen MR) is 98.2 cm³/mol. The highest BCUT2D eigenvalue weighted by molar-refractivity contribution is 5.79. The van der Waals surface area contributed by atoms with Crippen LogP contribution < -0.4 is 15.5 Å². The van der Waals surface area contributed by atoms with Crippen LogP contribution in [-0.2, 0) is 0 Å². The van der Waals surface area contributed by atoms with E-state index in [1.54, 1.807) is 0 Å². The predicted octanol–water partition coefficient (Wildman–Crippen LogP) is 2.85. The van der Waals surface area contributed by atoms with E-state index in [2.05, 4.69) is 22.1 Å². The number of aromatic nitrogens is 2. The molecule has 1 heterocycles. The number of hydrogen-bond donors (Lipinski definition) is 1. The van der Waals surface area contributed by atoms with E-state index in [1.807, 2.05) is 47.1 Å². The fourth-order valence-corrected chi connectivity index (χ4v) is 2.60. The number of benzene rings is 1.